The van der Waals surface area contributed by atoms with E-state index in [2.05, 4.69) is 24.1 Å². The summed E-state index contributed by atoms with van der Waals surface area (Å²) in [6, 6.07) is 0.719. The molecule has 0 aromatic rings. The minimum atomic E-state index is 0.400. The molecule has 0 amide bonds. The largest absolute Gasteiger partial charge is 0.373 e. The number of hydrogen-bond acceptors (Lipinski definition) is 3. The maximum absolute atomic E-state index is 5.74. The van der Waals surface area contributed by atoms with Crippen LogP contribution in [0.1, 0.15) is 33.1 Å². The number of ether oxygens (including phenoxy) is 1. The molecule has 1 N–H and O–H groups in total. The van der Waals surface area contributed by atoms with Gasteiger partial charge in [-0.3, -0.25) is 4.90 Å². The third-order valence-corrected chi connectivity index (χ3v) is 3.39. The van der Waals surface area contributed by atoms with E-state index in [1.54, 1.807) is 0 Å². The summed E-state index contributed by atoms with van der Waals surface area (Å²) in [6.07, 6.45) is 4.90. The lowest BCUT2D eigenvalue weighted by molar-refractivity contribution is -0.0703. The van der Waals surface area contributed by atoms with Crippen LogP contribution >= 0.6 is 0 Å². The van der Waals surface area contributed by atoms with Crippen LogP contribution in [0.15, 0.2) is 0 Å². The van der Waals surface area contributed by atoms with Crippen molar-refractivity contribution >= 4 is 0 Å². The lowest BCUT2D eigenvalue weighted by Gasteiger charge is -2.38. The summed E-state index contributed by atoms with van der Waals surface area (Å²) >= 11 is 0. The van der Waals surface area contributed by atoms with Crippen molar-refractivity contribution in [2.75, 3.05) is 26.2 Å². The van der Waals surface area contributed by atoms with Crippen molar-refractivity contribution in [2.24, 2.45) is 0 Å². The molecule has 2 rings (SSSR count). The van der Waals surface area contributed by atoms with Gasteiger partial charge in [-0.05, 0) is 33.2 Å². The van der Waals surface area contributed by atoms with Gasteiger partial charge in [0.2, 0.25) is 0 Å². The van der Waals surface area contributed by atoms with E-state index in [0.717, 1.165) is 19.1 Å². The van der Waals surface area contributed by atoms with E-state index in [0.29, 0.717) is 12.2 Å². The Morgan fingerprint density at radius 2 is 1.93 bits per heavy atom. The molecule has 88 valence electrons. The number of nitrogens with zero attached hydrogens (tertiary/aromatic N) is 1. The van der Waals surface area contributed by atoms with Crippen LogP contribution in [0.5, 0.6) is 0 Å². The second kappa shape index (κ2) is 5.28. The second-order valence-corrected chi connectivity index (χ2v) is 5.12. The summed E-state index contributed by atoms with van der Waals surface area (Å²) in [7, 11) is 0. The Morgan fingerprint density at radius 1 is 1.20 bits per heavy atom. The van der Waals surface area contributed by atoms with Crippen molar-refractivity contribution in [1.82, 2.24) is 10.2 Å². The molecule has 0 aromatic carbocycles. The molecule has 2 heterocycles. The van der Waals surface area contributed by atoms with Crippen LogP contribution in [-0.4, -0.2) is 49.3 Å². The zero-order valence-corrected chi connectivity index (χ0v) is 10.0. The molecule has 2 fully saturated rings. The van der Waals surface area contributed by atoms with Crippen LogP contribution < -0.4 is 5.32 Å². The van der Waals surface area contributed by atoms with E-state index in [9.17, 15) is 0 Å². The van der Waals surface area contributed by atoms with Crippen LogP contribution in [0, 0.1) is 0 Å². The van der Waals surface area contributed by atoms with Gasteiger partial charge in [0.15, 0.2) is 0 Å². The van der Waals surface area contributed by atoms with E-state index in [-0.39, 0.29) is 0 Å². The van der Waals surface area contributed by atoms with Crippen LogP contribution in [0.25, 0.3) is 0 Å². The molecule has 0 aromatic heterocycles. The fraction of sp³-hybridized carbons (Fsp3) is 1.00. The van der Waals surface area contributed by atoms with Crippen LogP contribution in [0.2, 0.25) is 0 Å². The highest BCUT2D eigenvalue weighted by atomic mass is 16.5. The molecule has 0 bridgehead atoms. The predicted molar refractivity (Wildman–Crippen MR) is 62.1 cm³/mol. The number of rotatable bonds is 2. The molecular formula is C12H24N2O. The Morgan fingerprint density at radius 3 is 2.53 bits per heavy atom. The summed E-state index contributed by atoms with van der Waals surface area (Å²) in [6.45, 7) is 8.97. The molecule has 2 saturated heterocycles. The highest BCUT2D eigenvalue weighted by molar-refractivity contribution is 4.80. The average molecular weight is 212 g/mol. The summed E-state index contributed by atoms with van der Waals surface area (Å²) in [5.74, 6) is 0. The van der Waals surface area contributed by atoms with Gasteiger partial charge >= 0.3 is 0 Å². The summed E-state index contributed by atoms with van der Waals surface area (Å²) < 4.78 is 5.74. The first-order chi connectivity index (χ1) is 7.24. The first-order valence-corrected chi connectivity index (χ1v) is 6.35. The van der Waals surface area contributed by atoms with Crippen molar-refractivity contribution in [2.45, 2.75) is 51.4 Å². The first kappa shape index (κ1) is 11.4. The molecule has 0 radical (unpaired) electrons. The third kappa shape index (κ3) is 3.44. The van der Waals surface area contributed by atoms with Gasteiger partial charge in [0, 0.05) is 25.7 Å². The number of nitrogens with one attached hydrogen (secondary N) is 1. The molecule has 0 aliphatic carbocycles. The Balaban J connectivity index is 1.77. The van der Waals surface area contributed by atoms with Gasteiger partial charge in [-0.25, -0.2) is 0 Å². The summed E-state index contributed by atoms with van der Waals surface area (Å²) in [4.78, 5) is 2.56. The van der Waals surface area contributed by atoms with Gasteiger partial charge in [0.1, 0.15) is 0 Å². The van der Waals surface area contributed by atoms with Gasteiger partial charge < -0.3 is 10.1 Å². The summed E-state index contributed by atoms with van der Waals surface area (Å²) in [5.41, 5.74) is 0. The second-order valence-electron chi connectivity index (χ2n) is 5.12. The van der Waals surface area contributed by atoms with Gasteiger partial charge in [-0.15, -0.1) is 0 Å². The predicted octanol–water partition coefficient (Wildman–Crippen LogP) is 1.24. The maximum atomic E-state index is 5.74. The molecule has 2 aliphatic rings. The molecule has 3 nitrogen and oxygen atoms in total. The van der Waals surface area contributed by atoms with Gasteiger partial charge in [-0.2, -0.15) is 0 Å². The van der Waals surface area contributed by atoms with Crippen LogP contribution in [0.3, 0.4) is 0 Å². The van der Waals surface area contributed by atoms with E-state index in [4.69, 9.17) is 4.74 Å². The molecule has 3 heteroatoms. The van der Waals surface area contributed by atoms with Gasteiger partial charge in [-0.1, -0.05) is 6.42 Å². The Hall–Kier alpha value is -0.120. The van der Waals surface area contributed by atoms with E-state index in [1.165, 1.54) is 32.4 Å². The first-order valence-electron chi connectivity index (χ1n) is 6.35. The lowest BCUT2D eigenvalue weighted by atomic mass is 10.0. The minimum Gasteiger partial charge on any atom is -0.373 e. The van der Waals surface area contributed by atoms with E-state index >= 15 is 0 Å². The molecule has 2 aliphatic heterocycles. The van der Waals surface area contributed by atoms with E-state index < -0.39 is 0 Å². The molecule has 15 heavy (non-hydrogen) atoms. The van der Waals surface area contributed by atoms with E-state index in [1.807, 2.05) is 0 Å². The molecular weight excluding hydrogens is 188 g/mol. The van der Waals surface area contributed by atoms with Crippen molar-refractivity contribution < 1.29 is 4.74 Å². The normalized spacial score (nSPS) is 39.2. The minimum absolute atomic E-state index is 0.400. The monoisotopic (exact) mass is 212 g/mol. The summed E-state index contributed by atoms with van der Waals surface area (Å²) in [5, 5.41) is 3.61. The SMILES string of the molecule is C[C@@H]1CN(C[C@@H]2CCCCN2)C[C@@H](C)O1. The Bertz CT molecular complexity index is 182. The molecule has 0 spiro atoms. The van der Waals surface area contributed by atoms with Gasteiger partial charge in [0.25, 0.3) is 0 Å². The zero-order chi connectivity index (χ0) is 10.7. The van der Waals surface area contributed by atoms with Crippen molar-refractivity contribution in [1.29, 1.82) is 0 Å². The highest BCUT2D eigenvalue weighted by Crippen LogP contribution is 2.14. The highest BCUT2D eigenvalue weighted by Gasteiger charge is 2.24. The Labute approximate surface area is 93.2 Å². The fourth-order valence-electron chi connectivity index (χ4n) is 2.82. The van der Waals surface area contributed by atoms with Crippen molar-refractivity contribution in [3.05, 3.63) is 0 Å². The fourth-order valence-corrected chi connectivity index (χ4v) is 2.82. The lowest BCUT2D eigenvalue weighted by Crippen LogP contribution is -2.51. The topological polar surface area (TPSA) is 24.5 Å². The smallest absolute Gasteiger partial charge is 0.0678 e. The molecule has 0 saturated carbocycles. The Kier molecular flexibility index (Phi) is 4.00. The number of hydrogen-bond donors (Lipinski definition) is 1. The average Bonchev–Trinajstić information content (AvgIpc) is 2.17. The number of piperidine rings is 1. The number of morpholine rings is 1. The molecule has 0 unspecified atom stereocenters. The zero-order valence-electron chi connectivity index (χ0n) is 10.0. The maximum Gasteiger partial charge on any atom is 0.0678 e. The standard InChI is InChI=1S/C12H24N2O/c1-10-7-14(8-11(2)15-10)9-12-5-3-4-6-13-12/h10-13H,3-9H2,1-2H3/t10-,11-,12+/m1/s1. The van der Waals surface area contributed by atoms with Gasteiger partial charge in [0.05, 0.1) is 12.2 Å². The molecule has 3 atom stereocenters. The quantitative estimate of drug-likeness (QED) is 0.745. The van der Waals surface area contributed by atoms with Crippen LogP contribution in [0.4, 0.5) is 0 Å². The van der Waals surface area contributed by atoms with Crippen LogP contribution in [-0.2, 0) is 4.74 Å². The van der Waals surface area contributed by atoms with Crippen molar-refractivity contribution in [3.63, 3.8) is 0 Å². The third-order valence-electron chi connectivity index (χ3n) is 3.39. The van der Waals surface area contributed by atoms with Crippen molar-refractivity contribution in [3.8, 4) is 0 Å².